The molecule has 2 aliphatic rings. The molecule has 2 atom stereocenters. The van der Waals surface area contributed by atoms with Crippen molar-refractivity contribution in [1.82, 2.24) is 9.88 Å². The molecule has 1 aliphatic carbocycles. The van der Waals surface area contributed by atoms with E-state index >= 15 is 0 Å². The number of rotatable bonds is 10. The van der Waals surface area contributed by atoms with Crippen LogP contribution in [0.5, 0.6) is 5.75 Å². The SMILES string of the molecule is C/C=C(\C=N/C(CCC)NCC1CC1)c1cc2c(cc1OC)-c1cc(=O)c(C(=O)O)cn1C(C(C)(C)C)C2. The van der Waals surface area contributed by atoms with E-state index in [1.807, 2.05) is 23.8 Å². The molecular formula is C31H41N3O4. The molecule has 1 aromatic carbocycles. The quantitative estimate of drug-likeness (QED) is 0.378. The van der Waals surface area contributed by atoms with Gasteiger partial charge in [-0.3, -0.25) is 15.1 Å². The summed E-state index contributed by atoms with van der Waals surface area (Å²) in [5.41, 5.74) is 3.79. The minimum Gasteiger partial charge on any atom is -0.496 e. The number of hydrogen-bond acceptors (Lipinski definition) is 5. The van der Waals surface area contributed by atoms with Crippen molar-refractivity contribution in [3.05, 3.63) is 57.4 Å². The summed E-state index contributed by atoms with van der Waals surface area (Å²) in [5, 5.41) is 13.2. The van der Waals surface area contributed by atoms with Crippen LogP contribution in [-0.2, 0) is 6.42 Å². The first-order valence-electron chi connectivity index (χ1n) is 13.7. The Morgan fingerprint density at radius 1 is 1.26 bits per heavy atom. The molecule has 0 bridgehead atoms. The first-order valence-corrected chi connectivity index (χ1v) is 13.7. The number of carboxylic acid groups (broad SMARTS) is 1. The highest BCUT2D eigenvalue weighted by molar-refractivity contribution is 6.11. The Bertz CT molecular complexity index is 1310. The van der Waals surface area contributed by atoms with Crippen molar-refractivity contribution >= 4 is 17.8 Å². The van der Waals surface area contributed by atoms with Crippen LogP contribution in [0, 0.1) is 11.3 Å². The number of allylic oxidation sites excluding steroid dienone is 2. The number of methoxy groups -OCH3 is 1. The smallest absolute Gasteiger partial charge is 0.341 e. The predicted molar refractivity (Wildman–Crippen MR) is 153 cm³/mol. The number of pyridine rings is 1. The van der Waals surface area contributed by atoms with Crippen molar-refractivity contribution in [2.24, 2.45) is 16.3 Å². The first-order chi connectivity index (χ1) is 18.1. The van der Waals surface area contributed by atoms with E-state index in [0.29, 0.717) is 17.9 Å². The Morgan fingerprint density at radius 3 is 2.58 bits per heavy atom. The van der Waals surface area contributed by atoms with E-state index in [4.69, 9.17) is 9.73 Å². The van der Waals surface area contributed by atoms with Crippen LogP contribution in [0.4, 0.5) is 0 Å². The molecule has 7 heteroatoms. The van der Waals surface area contributed by atoms with E-state index in [0.717, 1.165) is 47.6 Å². The molecule has 1 aromatic heterocycles. The highest BCUT2D eigenvalue weighted by Gasteiger charge is 2.34. The van der Waals surface area contributed by atoms with Crippen LogP contribution in [0.1, 0.15) is 87.8 Å². The number of nitrogens with one attached hydrogen (secondary N) is 1. The summed E-state index contributed by atoms with van der Waals surface area (Å²) in [5.74, 6) is 0.280. The monoisotopic (exact) mass is 519 g/mol. The van der Waals surface area contributed by atoms with Crippen LogP contribution in [0.15, 0.2) is 40.3 Å². The highest BCUT2D eigenvalue weighted by Crippen LogP contribution is 2.45. The van der Waals surface area contributed by atoms with Gasteiger partial charge >= 0.3 is 5.97 Å². The molecule has 2 heterocycles. The second kappa shape index (κ2) is 11.3. The van der Waals surface area contributed by atoms with Crippen LogP contribution in [0.25, 0.3) is 16.8 Å². The van der Waals surface area contributed by atoms with Gasteiger partial charge in [-0.2, -0.15) is 0 Å². The van der Waals surface area contributed by atoms with E-state index in [1.54, 1.807) is 7.11 Å². The Hall–Kier alpha value is -3.19. The van der Waals surface area contributed by atoms with Gasteiger partial charge in [-0.1, -0.05) is 40.2 Å². The summed E-state index contributed by atoms with van der Waals surface area (Å²) in [4.78, 5) is 29.4. The zero-order chi connectivity index (χ0) is 27.6. The number of benzene rings is 1. The van der Waals surface area contributed by atoms with Gasteiger partial charge in [0.05, 0.1) is 19.0 Å². The predicted octanol–water partition coefficient (Wildman–Crippen LogP) is 5.97. The van der Waals surface area contributed by atoms with E-state index in [1.165, 1.54) is 25.1 Å². The third kappa shape index (κ3) is 5.93. The largest absolute Gasteiger partial charge is 0.496 e. The molecule has 38 heavy (non-hydrogen) atoms. The van der Waals surface area contributed by atoms with Gasteiger partial charge in [0.25, 0.3) is 0 Å². The van der Waals surface area contributed by atoms with Gasteiger partial charge in [-0.05, 0) is 73.8 Å². The Morgan fingerprint density at radius 2 is 2.00 bits per heavy atom. The number of ether oxygens (including phenoxy) is 1. The van der Waals surface area contributed by atoms with Gasteiger partial charge in [0.15, 0.2) is 5.43 Å². The first kappa shape index (κ1) is 27.8. The number of aromatic nitrogens is 1. The molecule has 2 aromatic rings. The fourth-order valence-corrected chi connectivity index (χ4v) is 5.24. The molecule has 2 unspecified atom stereocenters. The lowest BCUT2D eigenvalue weighted by atomic mass is 9.78. The summed E-state index contributed by atoms with van der Waals surface area (Å²) < 4.78 is 7.80. The van der Waals surface area contributed by atoms with Crippen LogP contribution in [-0.4, -0.2) is 41.7 Å². The number of aliphatic imine (C=N–C) groups is 1. The average Bonchev–Trinajstić information content (AvgIpc) is 3.70. The molecule has 1 aliphatic heterocycles. The highest BCUT2D eigenvalue weighted by atomic mass is 16.5. The van der Waals surface area contributed by atoms with Gasteiger partial charge in [-0.15, -0.1) is 0 Å². The average molecular weight is 520 g/mol. The maximum atomic E-state index is 12.7. The van der Waals surface area contributed by atoms with Gasteiger partial charge < -0.3 is 14.4 Å². The lowest BCUT2D eigenvalue weighted by Gasteiger charge is -2.39. The lowest BCUT2D eigenvalue weighted by molar-refractivity contribution is 0.0693. The number of aromatic carboxylic acids is 1. The molecule has 4 rings (SSSR count). The molecule has 0 amide bonds. The Kier molecular flexibility index (Phi) is 8.26. The standard InChI is InChI=1S/C31H41N3O4/c1-7-9-29(32-16-19-10-11-19)33-17-20(8-2)23-12-21-13-28(31(3,4)5)34-18-24(30(36)37)26(35)15-25(34)22(21)14-27(23)38-6/h8,12,14-15,17-19,28-29,32H,7,9-11,13,16H2,1-6H3,(H,36,37)/b20-8+,33-17-. The summed E-state index contributed by atoms with van der Waals surface area (Å²) >= 11 is 0. The summed E-state index contributed by atoms with van der Waals surface area (Å²) in [6.07, 6.45) is 11.0. The molecule has 7 nitrogen and oxygen atoms in total. The molecule has 204 valence electrons. The van der Waals surface area contributed by atoms with Crippen molar-refractivity contribution in [3.8, 4) is 17.0 Å². The Balaban J connectivity index is 1.77. The van der Waals surface area contributed by atoms with Crippen LogP contribution in [0.2, 0.25) is 0 Å². The third-order valence-electron chi connectivity index (χ3n) is 7.68. The maximum absolute atomic E-state index is 12.7. The number of nitrogens with zero attached hydrogens (tertiary/aromatic N) is 2. The summed E-state index contributed by atoms with van der Waals surface area (Å²) in [7, 11) is 1.65. The van der Waals surface area contributed by atoms with Crippen LogP contribution >= 0.6 is 0 Å². The van der Waals surface area contributed by atoms with Crippen molar-refractivity contribution in [1.29, 1.82) is 0 Å². The summed E-state index contributed by atoms with van der Waals surface area (Å²) in [6, 6.07) is 5.56. The topological polar surface area (TPSA) is 92.9 Å². The van der Waals surface area contributed by atoms with E-state index < -0.39 is 11.4 Å². The number of fused-ring (bicyclic) bond motifs is 3. The molecular weight excluding hydrogens is 478 g/mol. The van der Waals surface area contributed by atoms with Crippen LogP contribution in [0.3, 0.4) is 0 Å². The van der Waals surface area contributed by atoms with Gasteiger partial charge in [0.1, 0.15) is 11.3 Å². The van der Waals surface area contributed by atoms with Gasteiger partial charge in [0, 0.05) is 35.6 Å². The molecule has 0 saturated heterocycles. The number of hydrogen-bond donors (Lipinski definition) is 2. The van der Waals surface area contributed by atoms with E-state index in [9.17, 15) is 14.7 Å². The Labute approximate surface area is 225 Å². The zero-order valence-corrected chi connectivity index (χ0v) is 23.5. The van der Waals surface area contributed by atoms with E-state index in [2.05, 4.69) is 45.2 Å². The third-order valence-corrected chi connectivity index (χ3v) is 7.68. The minimum atomic E-state index is -1.21. The van der Waals surface area contributed by atoms with Crippen molar-refractivity contribution in [2.75, 3.05) is 13.7 Å². The molecule has 0 radical (unpaired) electrons. The maximum Gasteiger partial charge on any atom is 0.341 e. The summed E-state index contributed by atoms with van der Waals surface area (Å²) in [6.45, 7) is 11.6. The van der Waals surface area contributed by atoms with Crippen molar-refractivity contribution < 1.29 is 14.6 Å². The van der Waals surface area contributed by atoms with Gasteiger partial charge in [-0.25, -0.2) is 4.79 Å². The molecule has 1 saturated carbocycles. The second-order valence-corrected chi connectivity index (χ2v) is 11.6. The fraction of sp³-hybridized carbons (Fsp3) is 0.516. The van der Waals surface area contributed by atoms with Crippen molar-refractivity contribution in [2.45, 2.75) is 78.9 Å². The molecule has 0 spiro atoms. The molecule has 2 N–H and O–H groups in total. The fourth-order valence-electron chi connectivity index (χ4n) is 5.24. The second-order valence-electron chi connectivity index (χ2n) is 11.6. The minimum absolute atomic E-state index is 0.0202. The van der Waals surface area contributed by atoms with Crippen molar-refractivity contribution in [3.63, 3.8) is 0 Å². The van der Waals surface area contributed by atoms with E-state index in [-0.39, 0.29) is 23.2 Å². The normalized spacial score (nSPS) is 18.3. The number of carboxylic acids is 1. The lowest BCUT2D eigenvalue weighted by Crippen LogP contribution is -2.33. The number of carbonyl (C=O) groups is 1. The van der Waals surface area contributed by atoms with Crippen LogP contribution < -0.4 is 15.5 Å². The van der Waals surface area contributed by atoms with Gasteiger partial charge in [0.2, 0.25) is 0 Å². The zero-order valence-electron chi connectivity index (χ0n) is 23.5. The molecule has 1 fully saturated rings.